The van der Waals surface area contributed by atoms with Crippen LogP contribution < -0.4 is 4.74 Å². The third-order valence-corrected chi connectivity index (χ3v) is 2.51. The van der Waals surface area contributed by atoms with Crippen LogP contribution in [-0.2, 0) is 0 Å². The molecule has 0 N–H and O–H groups in total. The maximum Gasteiger partial charge on any atom is 0.119 e. The van der Waals surface area contributed by atoms with Gasteiger partial charge in [0, 0.05) is 0 Å². The highest BCUT2D eigenvalue weighted by molar-refractivity contribution is 5.83. The number of ether oxygens (including phenoxy) is 1. The van der Waals surface area contributed by atoms with Gasteiger partial charge in [-0.1, -0.05) is 42.5 Å². The molecular formula is C15H16O. The summed E-state index contributed by atoms with van der Waals surface area (Å²) in [7, 11) is 0. The van der Waals surface area contributed by atoms with Crippen molar-refractivity contribution in [2.45, 2.75) is 13.3 Å². The Kier molecular flexibility index (Phi) is 3.60. The van der Waals surface area contributed by atoms with Crippen molar-refractivity contribution >= 4 is 10.8 Å². The van der Waals surface area contributed by atoms with Gasteiger partial charge in [0.1, 0.15) is 5.75 Å². The van der Waals surface area contributed by atoms with Crippen molar-refractivity contribution in [1.82, 2.24) is 0 Å². The molecule has 0 saturated carbocycles. The minimum absolute atomic E-state index is 0.739. The second kappa shape index (κ2) is 5.36. The summed E-state index contributed by atoms with van der Waals surface area (Å²) in [5.41, 5.74) is 0. The molecule has 1 nitrogen and oxygen atoms in total. The molecule has 2 aromatic rings. The zero-order valence-electron chi connectivity index (χ0n) is 9.52. The van der Waals surface area contributed by atoms with Crippen molar-refractivity contribution in [2.75, 3.05) is 6.61 Å². The molecule has 82 valence electrons. The lowest BCUT2D eigenvalue weighted by molar-refractivity contribution is 0.325. The molecule has 0 spiro atoms. The Hall–Kier alpha value is -1.76. The highest BCUT2D eigenvalue weighted by Crippen LogP contribution is 2.20. The quantitative estimate of drug-likeness (QED) is 0.545. The van der Waals surface area contributed by atoms with E-state index in [1.165, 1.54) is 10.8 Å². The standard InChI is InChI=1S/C15H16O/c1-2-3-6-11-16-15-10-9-13-7-4-5-8-14(13)12-15/h2-5,7-10,12H,6,11H2,1H3. The van der Waals surface area contributed by atoms with Gasteiger partial charge in [0.25, 0.3) is 0 Å². The number of hydrogen-bond acceptors (Lipinski definition) is 1. The maximum absolute atomic E-state index is 5.66. The molecule has 0 unspecified atom stereocenters. The van der Waals surface area contributed by atoms with Crippen LogP contribution in [0.2, 0.25) is 0 Å². The van der Waals surface area contributed by atoms with Gasteiger partial charge in [0.2, 0.25) is 0 Å². The third kappa shape index (κ3) is 2.63. The van der Waals surface area contributed by atoms with Gasteiger partial charge in [0.15, 0.2) is 0 Å². The van der Waals surface area contributed by atoms with E-state index in [-0.39, 0.29) is 0 Å². The van der Waals surface area contributed by atoms with Crippen molar-refractivity contribution in [1.29, 1.82) is 0 Å². The van der Waals surface area contributed by atoms with E-state index < -0.39 is 0 Å². The topological polar surface area (TPSA) is 9.23 Å². The molecule has 0 fully saturated rings. The average molecular weight is 212 g/mol. The van der Waals surface area contributed by atoms with Crippen LogP contribution in [0.3, 0.4) is 0 Å². The molecule has 0 aliphatic rings. The van der Waals surface area contributed by atoms with E-state index in [1.54, 1.807) is 0 Å². The van der Waals surface area contributed by atoms with Crippen LogP contribution in [0.15, 0.2) is 54.6 Å². The summed E-state index contributed by atoms with van der Waals surface area (Å²) in [6.45, 7) is 2.76. The van der Waals surface area contributed by atoms with Crippen molar-refractivity contribution < 1.29 is 4.74 Å². The Morgan fingerprint density at radius 3 is 2.69 bits per heavy atom. The molecule has 0 saturated heterocycles. The Balaban J connectivity index is 2.07. The fourth-order valence-electron chi connectivity index (χ4n) is 1.67. The van der Waals surface area contributed by atoms with Crippen LogP contribution in [0.5, 0.6) is 5.75 Å². The molecule has 0 amide bonds. The molecule has 0 aromatic heterocycles. The molecular weight excluding hydrogens is 196 g/mol. The summed E-state index contributed by atoms with van der Waals surface area (Å²) < 4.78 is 5.66. The second-order valence-electron chi connectivity index (χ2n) is 3.72. The Morgan fingerprint density at radius 1 is 1.06 bits per heavy atom. The molecule has 0 heterocycles. The summed E-state index contributed by atoms with van der Waals surface area (Å²) in [6, 6.07) is 14.5. The van der Waals surface area contributed by atoms with Crippen LogP contribution in [0.1, 0.15) is 13.3 Å². The van der Waals surface area contributed by atoms with E-state index in [2.05, 4.69) is 36.4 Å². The highest BCUT2D eigenvalue weighted by atomic mass is 16.5. The molecule has 16 heavy (non-hydrogen) atoms. The summed E-state index contributed by atoms with van der Waals surface area (Å²) in [5, 5.41) is 2.48. The predicted octanol–water partition coefficient (Wildman–Crippen LogP) is 4.18. The first-order chi connectivity index (χ1) is 7.90. The van der Waals surface area contributed by atoms with E-state index in [9.17, 15) is 0 Å². The lowest BCUT2D eigenvalue weighted by Crippen LogP contribution is -1.95. The van der Waals surface area contributed by atoms with Crippen molar-refractivity contribution in [2.24, 2.45) is 0 Å². The van der Waals surface area contributed by atoms with E-state index in [0.717, 1.165) is 18.8 Å². The number of allylic oxidation sites excluding steroid dienone is 1. The summed E-state index contributed by atoms with van der Waals surface area (Å²) in [6.07, 6.45) is 5.12. The Morgan fingerprint density at radius 2 is 1.88 bits per heavy atom. The Bertz CT molecular complexity index is 486. The molecule has 1 heteroatoms. The van der Waals surface area contributed by atoms with Crippen molar-refractivity contribution in [3.8, 4) is 5.75 Å². The molecule has 0 atom stereocenters. The molecule has 2 rings (SSSR count). The highest BCUT2D eigenvalue weighted by Gasteiger charge is 1.95. The molecule has 0 radical (unpaired) electrons. The molecule has 0 bridgehead atoms. The minimum Gasteiger partial charge on any atom is -0.493 e. The van der Waals surface area contributed by atoms with Crippen LogP contribution in [0.4, 0.5) is 0 Å². The van der Waals surface area contributed by atoms with E-state index in [1.807, 2.05) is 25.1 Å². The number of benzene rings is 2. The number of hydrogen-bond donors (Lipinski definition) is 0. The van der Waals surface area contributed by atoms with E-state index >= 15 is 0 Å². The summed E-state index contributed by atoms with van der Waals surface area (Å²) in [4.78, 5) is 0. The first-order valence-corrected chi connectivity index (χ1v) is 5.63. The second-order valence-corrected chi connectivity index (χ2v) is 3.72. The average Bonchev–Trinajstić information content (AvgIpc) is 2.34. The van der Waals surface area contributed by atoms with Crippen LogP contribution in [0.25, 0.3) is 10.8 Å². The summed E-state index contributed by atoms with van der Waals surface area (Å²) >= 11 is 0. The lowest BCUT2D eigenvalue weighted by atomic mass is 10.1. The maximum atomic E-state index is 5.66. The van der Waals surface area contributed by atoms with Crippen molar-refractivity contribution in [3.63, 3.8) is 0 Å². The number of fused-ring (bicyclic) bond motifs is 1. The fraction of sp³-hybridized carbons (Fsp3) is 0.200. The van der Waals surface area contributed by atoms with Crippen LogP contribution in [-0.4, -0.2) is 6.61 Å². The van der Waals surface area contributed by atoms with Gasteiger partial charge < -0.3 is 4.74 Å². The molecule has 2 aromatic carbocycles. The number of rotatable bonds is 4. The fourth-order valence-corrected chi connectivity index (χ4v) is 1.67. The predicted molar refractivity (Wildman–Crippen MR) is 68.9 cm³/mol. The van der Waals surface area contributed by atoms with Gasteiger partial charge in [-0.3, -0.25) is 0 Å². The van der Waals surface area contributed by atoms with Gasteiger partial charge in [-0.15, -0.1) is 0 Å². The van der Waals surface area contributed by atoms with Gasteiger partial charge in [-0.25, -0.2) is 0 Å². The lowest BCUT2D eigenvalue weighted by Gasteiger charge is -2.05. The van der Waals surface area contributed by atoms with E-state index in [4.69, 9.17) is 4.74 Å². The smallest absolute Gasteiger partial charge is 0.119 e. The zero-order chi connectivity index (χ0) is 11.2. The molecule has 0 aliphatic carbocycles. The van der Waals surface area contributed by atoms with Gasteiger partial charge >= 0.3 is 0 Å². The third-order valence-electron chi connectivity index (χ3n) is 2.51. The van der Waals surface area contributed by atoms with Gasteiger partial charge in [-0.2, -0.15) is 0 Å². The first kappa shape index (κ1) is 10.7. The largest absolute Gasteiger partial charge is 0.493 e. The van der Waals surface area contributed by atoms with Gasteiger partial charge in [0.05, 0.1) is 6.61 Å². The van der Waals surface area contributed by atoms with Gasteiger partial charge in [-0.05, 0) is 36.2 Å². The van der Waals surface area contributed by atoms with E-state index in [0.29, 0.717) is 0 Å². The normalized spacial score (nSPS) is 11.1. The zero-order valence-corrected chi connectivity index (χ0v) is 9.52. The van der Waals surface area contributed by atoms with Crippen LogP contribution in [0, 0.1) is 0 Å². The monoisotopic (exact) mass is 212 g/mol. The SMILES string of the molecule is CC=CCCOc1ccc2ccccc2c1. The summed E-state index contributed by atoms with van der Waals surface area (Å²) in [5.74, 6) is 0.947. The Labute approximate surface area is 96.4 Å². The first-order valence-electron chi connectivity index (χ1n) is 5.63. The van der Waals surface area contributed by atoms with Crippen LogP contribution >= 0.6 is 0 Å². The minimum atomic E-state index is 0.739. The molecule has 0 aliphatic heterocycles. The van der Waals surface area contributed by atoms with Crippen molar-refractivity contribution in [3.05, 3.63) is 54.6 Å².